The van der Waals surface area contributed by atoms with Crippen LogP contribution in [0.25, 0.3) is 0 Å². The lowest BCUT2D eigenvalue weighted by molar-refractivity contribution is -0.103. The van der Waals surface area contributed by atoms with Gasteiger partial charge in [0.2, 0.25) is 10.0 Å². The van der Waals surface area contributed by atoms with Crippen LogP contribution in [0.3, 0.4) is 0 Å². The maximum atomic E-state index is 14.0. The van der Waals surface area contributed by atoms with Crippen molar-refractivity contribution in [1.82, 2.24) is 0 Å². The van der Waals surface area contributed by atoms with E-state index in [0.717, 1.165) is 12.1 Å². The molecule has 6 nitrogen and oxygen atoms in total. The molecule has 9 heteroatoms. The Morgan fingerprint density at radius 2 is 2.11 bits per heavy atom. The minimum Gasteiger partial charge on any atom is -0.454 e. The number of ether oxygens (including phenoxy) is 2. The highest BCUT2D eigenvalue weighted by Crippen LogP contribution is 2.24. The molecule has 2 rings (SSSR count). The topological polar surface area (TPSA) is 95.7 Å². The Hall–Kier alpha value is -1.03. The molecule has 0 radical (unpaired) electrons. The maximum absolute atomic E-state index is 14.0. The smallest absolute Gasteiger partial charge is 0.341 e. The summed E-state index contributed by atoms with van der Waals surface area (Å²) in [5.74, 6) is -2.19. The van der Waals surface area contributed by atoms with Gasteiger partial charge in [0.05, 0.1) is 18.8 Å². The number of carbonyl (C=O) groups excluding carboxylic acids is 1. The number of sulfonamides is 1. The first-order chi connectivity index (χ1) is 8.79. The minimum absolute atomic E-state index is 0.203. The molecule has 104 valence electrons. The minimum atomic E-state index is -4.27. The Bertz CT molecular complexity index is 629. The molecule has 1 aliphatic rings. The largest absolute Gasteiger partial charge is 0.454 e. The molecule has 0 atom stereocenters. The van der Waals surface area contributed by atoms with Crippen LogP contribution >= 0.6 is 15.9 Å². The van der Waals surface area contributed by atoms with E-state index >= 15 is 0 Å². The van der Waals surface area contributed by atoms with Crippen LogP contribution < -0.4 is 5.14 Å². The Morgan fingerprint density at radius 1 is 1.47 bits per heavy atom. The lowest BCUT2D eigenvalue weighted by Crippen LogP contribution is -2.38. The van der Waals surface area contributed by atoms with Crippen molar-refractivity contribution in [3.8, 4) is 0 Å². The van der Waals surface area contributed by atoms with E-state index in [2.05, 4.69) is 15.9 Å². The van der Waals surface area contributed by atoms with Crippen LogP contribution in [0.1, 0.15) is 10.4 Å². The number of hydrogen-bond donors (Lipinski definition) is 1. The first-order valence-corrected chi connectivity index (χ1v) is 7.43. The van der Waals surface area contributed by atoms with Crippen molar-refractivity contribution in [3.05, 3.63) is 28.0 Å². The van der Waals surface area contributed by atoms with Crippen LogP contribution in [0.15, 0.2) is 21.5 Å². The van der Waals surface area contributed by atoms with Crippen molar-refractivity contribution in [2.45, 2.75) is 11.0 Å². The summed E-state index contributed by atoms with van der Waals surface area (Å²) in [6.45, 7) is 0.479. The van der Waals surface area contributed by atoms with Gasteiger partial charge in [-0.2, -0.15) is 0 Å². The van der Waals surface area contributed by atoms with E-state index in [0.29, 0.717) is 0 Å². The number of carbonyl (C=O) groups is 1. The predicted octanol–water partition coefficient (Wildman–Crippen LogP) is 0.791. The molecule has 2 N–H and O–H groups in total. The first-order valence-electron chi connectivity index (χ1n) is 5.09. The van der Waals surface area contributed by atoms with Gasteiger partial charge in [0.15, 0.2) is 5.82 Å². The highest BCUT2D eigenvalue weighted by molar-refractivity contribution is 9.10. The number of benzene rings is 1. The van der Waals surface area contributed by atoms with E-state index in [1.807, 2.05) is 0 Å². The van der Waals surface area contributed by atoms with Crippen molar-refractivity contribution in [2.75, 3.05) is 13.2 Å². The molecule has 19 heavy (non-hydrogen) atoms. The molecule has 1 saturated heterocycles. The van der Waals surface area contributed by atoms with Gasteiger partial charge >= 0.3 is 5.97 Å². The van der Waals surface area contributed by atoms with Gasteiger partial charge in [-0.15, -0.1) is 0 Å². The third-order valence-electron chi connectivity index (χ3n) is 2.41. The zero-order valence-electron chi connectivity index (χ0n) is 9.43. The van der Waals surface area contributed by atoms with E-state index in [1.54, 1.807) is 0 Å². The number of nitrogens with two attached hydrogens (primary N) is 1. The fourth-order valence-corrected chi connectivity index (χ4v) is 2.68. The molecular formula is C10H9BrFNO5S. The monoisotopic (exact) mass is 353 g/mol. The fraction of sp³-hybridized carbons (Fsp3) is 0.300. The lowest BCUT2D eigenvalue weighted by atomic mass is 10.2. The van der Waals surface area contributed by atoms with Crippen LogP contribution in [0.2, 0.25) is 0 Å². The second-order valence-electron chi connectivity index (χ2n) is 3.88. The average molecular weight is 354 g/mol. The van der Waals surface area contributed by atoms with E-state index in [-0.39, 0.29) is 17.7 Å². The van der Waals surface area contributed by atoms with Gasteiger partial charge in [0.25, 0.3) is 0 Å². The summed E-state index contributed by atoms with van der Waals surface area (Å²) < 4.78 is 46.3. The van der Waals surface area contributed by atoms with Gasteiger partial charge in [0.1, 0.15) is 11.0 Å². The molecule has 1 aliphatic heterocycles. The van der Waals surface area contributed by atoms with Crippen LogP contribution in [0, 0.1) is 5.82 Å². The molecule has 0 spiro atoms. The number of esters is 1. The number of rotatable bonds is 3. The fourth-order valence-electron chi connectivity index (χ4n) is 1.42. The van der Waals surface area contributed by atoms with Crippen molar-refractivity contribution < 1.29 is 27.1 Å². The van der Waals surface area contributed by atoms with Crippen LogP contribution in [-0.4, -0.2) is 33.7 Å². The van der Waals surface area contributed by atoms with Crippen molar-refractivity contribution in [3.63, 3.8) is 0 Å². The van der Waals surface area contributed by atoms with E-state index in [9.17, 15) is 17.6 Å². The molecule has 0 aromatic heterocycles. The quantitative estimate of drug-likeness (QED) is 0.810. The highest BCUT2D eigenvalue weighted by Gasteiger charge is 2.28. The van der Waals surface area contributed by atoms with Crippen molar-refractivity contribution in [2.24, 2.45) is 5.14 Å². The van der Waals surface area contributed by atoms with E-state index in [4.69, 9.17) is 14.6 Å². The van der Waals surface area contributed by atoms with E-state index < -0.39 is 38.4 Å². The Morgan fingerprint density at radius 3 is 2.58 bits per heavy atom. The zero-order chi connectivity index (χ0) is 14.2. The molecule has 1 aromatic rings. The number of hydrogen-bond acceptors (Lipinski definition) is 5. The summed E-state index contributed by atoms with van der Waals surface area (Å²) in [6, 6.07) is 2.11. The summed E-state index contributed by atoms with van der Waals surface area (Å²) in [6.07, 6.45) is -0.441. The summed E-state index contributed by atoms with van der Waals surface area (Å²) in [5, 5.41) is 4.87. The number of halogens is 2. The zero-order valence-corrected chi connectivity index (χ0v) is 11.8. The van der Waals surface area contributed by atoms with Gasteiger partial charge in [0, 0.05) is 4.47 Å². The van der Waals surface area contributed by atoms with Crippen LogP contribution in [-0.2, 0) is 19.5 Å². The molecule has 0 saturated carbocycles. The second-order valence-corrected chi connectivity index (χ2v) is 6.32. The third-order valence-corrected chi connectivity index (χ3v) is 3.78. The molecular weight excluding hydrogens is 345 g/mol. The van der Waals surface area contributed by atoms with Crippen LogP contribution in [0.4, 0.5) is 4.39 Å². The maximum Gasteiger partial charge on any atom is 0.341 e. The summed E-state index contributed by atoms with van der Waals surface area (Å²) in [5.41, 5.74) is -0.495. The summed E-state index contributed by atoms with van der Waals surface area (Å²) in [7, 11) is -4.27. The second kappa shape index (κ2) is 5.16. The average Bonchev–Trinajstić information content (AvgIpc) is 2.24. The molecule has 0 unspecified atom stereocenters. The van der Waals surface area contributed by atoms with Gasteiger partial charge in [-0.25, -0.2) is 22.7 Å². The van der Waals surface area contributed by atoms with Gasteiger partial charge in [-0.3, -0.25) is 0 Å². The van der Waals surface area contributed by atoms with Crippen molar-refractivity contribution in [1.29, 1.82) is 0 Å². The molecule has 0 amide bonds. The Labute approximate surface area is 116 Å². The molecule has 1 aromatic carbocycles. The van der Waals surface area contributed by atoms with Crippen molar-refractivity contribution >= 4 is 31.9 Å². The van der Waals surface area contributed by atoms with Gasteiger partial charge < -0.3 is 9.47 Å². The van der Waals surface area contributed by atoms with Gasteiger partial charge in [-0.05, 0) is 12.1 Å². The number of primary sulfonamides is 1. The van der Waals surface area contributed by atoms with Crippen LogP contribution in [0.5, 0.6) is 0 Å². The summed E-state index contributed by atoms with van der Waals surface area (Å²) >= 11 is 2.99. The predicted molar refractivity (Wildman–Crippen MR) is 65.5 cm³/mol. The molecule has 1 fully saturated rings. The molecule has 0 aliphatic carbocycles. The third kappa shape index (κ3) is 3.11. The molecule has 1 heterocycles. The normalized spacial score (nSPS) is 15.9. The lowest BCUT2D eigenvalue weighted by Gasteiger charge is -2.25. The van der Waals surface area contributed by atoms with Gasteiger partial charge in [-0.1, -0.05) is 15.9 Å². The standard InChI is InChI=1S/C10H9BrFNO5S/c11-5-1-7(10(14)18-6-3-17-4-6)9(12)8(2-5)19(13,15)16/h1-2,6H,3-4H2,(H2,13,15,16). The highest BCUT2D eigenvalue weighted by atomic mass is 79.9. The Kier molecular flexibility index (Phi) is 3.90. The summed E-state index contributed by atoms with van der Waals surface area (Å²) in [4.78, 5) is 11.0. The Balaban J connectivity index is 2.39. The SMILES string of the molecule is NS(=O)(=O)c1cc(Br)cc(C(=O)OC2COC2)c1F. The first kappa shape index (κ1) is 14.4. The molecule has 0 bridgehead atoms. The van der Waals surface area contributed by atoms with E-state index in [1.165, 1.54) is 0 Å².